The Labute approximate surface area is 105 Å². The Morgan fingerprint density at radius 3 is 1.76 bits per heavy atom. The largest absolute Gasteiger partial charge is 0.254 e. The molecule has 0 radical (unpaired) electrons. The number of unbranched alkanes of at least 4 members (excludes halogenated alkanes) is 3. The quantitative estimate of drug-likeness (QED) is 0.531. The smallest absolute Gasteiger partial charge is 0.213 e. The molecule has 0 aromatic carbocycles. The third-order valence-corrected chi connectivity index (χ3v) is 8.20. The van der Waals surface area contributed by atoms with Gasteiger partial charge in [-0.15, -0.1) is 0 Å². The van der Waals surface area contributed by atoms with Crippen LogP contribution in [0.2, 0.25) is 0 Å². The summed E-state index contributed by atoms with van der Waals surface area (Å²) in [7, 11) is -8.03. The molecule has 104 valence electrons. The van der Waals surface area contributed by atoms with E-state index in [4.69, 9.17) is 0 Å². The van der Waals surface area contributed by atoms with E-state index in [2.05, 4.69) is 0 Å². The highest BCUT2D eigenvalue weighted by atomic mass is 33.2. The van der Waals surface area contributed by atoms with E-state index in [9.17, 15) is 16.8 Å². The Balaban J connectivity index is 4.60. The van der Waals surface area contributed by atoms with Crippen LogP contribution in [0.3, 0.4) is 0 Å². The van der Waals surface area contributed by atoms with Crippen LogP contribution in [-0.4, -0.2) is 28.3 Å². The van der Waals surface area contributed by atoms with E-state index in [0.717, 1.165) is 19.3 Å². The zero-order valence-electron chi connectivity index (χ0n) is 11.2. The highest BCUT2D eigenvalue weighted by Crippen LogP contribution is 2.20. The van der Waals surface area contributed by atoms with Crippen LogP contribution < -0.4 is 0 Å². The van der Waals surface area contributed by atoms with Crippen molar-refractivity contribution in [3.63, 3.8) is 0 Å². The molecule has 0 spiro atoms. The predicted molar refractivity (Wildman–Crippen MR) is 71.2 cm³/mol. The van der Waals surface area contributed by atoms with Crippen molar-refractivity contribution in [1.29, 1.82) is 0 Å². The zero-order chi connectivity index (χ0) is 13.7. The van der Waals surface area contributed by atoms with Gasteiger partial charge in [-0.3, -0.25) is 0 Å². The molecule has 4 nitrogen and oxygen atoms in total. The second-order valence-electron chi connectivity index (χ2n) is 5.59. The van der Waals surface area contributed by atoms with Gasteiger partial charge < -0.3 is 0 Å². The van der Waals surface area contributed by atoms with Crippen LogP contribution in [-0.2, 0) is 17.7 Å². The highest BCUT2D eigenvalue weighted by Gasteiger charge is 2.33. The monoisotopic (exact) mass is 284 g/mol. The summed E-state index contributed by atoms with van der Waals surface area (Å²) in [5, 5.41) is 0. The van der Waals surface area contributed by atoms with Crippen LogP contribution in [0.25, 0.3) is 0 Å². The van der Waals surface area contributed by atoms with Gasteiger partial charge >= 0.3 is 0 Å². The molecule has 0 fully saturated rings. The molecule has 0 atom stereocenters. The van der Waals surface area contributed by atoms with Gasteiger partial charge in [0, 0.05) is 0 Å². The van der Waals surface area contributed by atoms with Crippen LogP contribution in [0.1, 0.15) is 53.4 Å². The molecule has 0 unspecified atom stereocenters. The second-order valence-corrected chi connectivity index (χ2v) is 11.6. The van der Waals surface area contributed by atoms with Crippen molar-refractivity contribution in [3.05, 3.63) is 0 Å². The lowest BCUT2D eigenvalue weighted by Gasteiger charge is -2.17. The zero-order valence-corrected chi connectivity index (χ0v) is 12.8. The Hall–Kier alpha value is -0.100. The molecule has 0 amide bonds. The summed E-state index contributed by atoms with van der Waals surface area (Å²) in [6, 6.07) is 0. The molecule has 0 aliphatic heterocycles. The number of hydrogen-bond donors (Lipinski definition) is 0. The molecular formula is C11H24O4S2. The fourth-order valence-electron chi connectivity index (χ4n) is 1.45. The standard InChI is InChI=1S/C11H24O4S2/c1-5-6-7-8-9-16(12,13)17(14,15)10-11(2,3)4/h5-10H2,1-4H3. The molecule has 17 heavy (non-hydrogen) atoms. The molecule has 0 bridgehead atoms. The fraction of sp³-hybridized carbons (Fsp3) is 1.00. The third kappa shape index (κ3) is 6.41. The van der Waals surface area contributed by atoms with Gasteiger partial charge in [0.15, 0.2) is 0 Å². The number of rotatable bonds is 7. The van der Waals surface area contributed by atoms with E-state index >= 15 is 0 Å². The van der Waals surface area contributed by atoms with E-state index in [1.54, 1.807) is 20.8 Å². The molecular weight excluding hydrogens is 260 g/mol. The maximum Gasteiger partial charge on any atom is 0.254 e. The minimum atomic E-state index is -4.03. The minimum Gasteiger partial charge on any atom is -0.213 e. The van der Waals surface area contributed by atoms with Gasteiger partial charge in [0.2, 0.25) is 0 Å². The Kier molecular flexibility index (Phi) is 6.14. The van der Waals surface area contributed by atoms with Gasteiger partial charge in [0.1, 0.15) is 0 Å². The molecule has 0 aliphatic rings. The summed E-state index contributed by atoms with van der Waals surface area (Å²) in [5.41, 5.74) is -0.532. The predicted octanol–water partition coefficient (Wildman–Crippen LogP) is 2.36. The summed E-state index contributed by atoms with van der Waals surface area (Å²) in [5.74, 6) is -0.554. The topological polar surface area (TPSA) is 68.3 Å². The number of hydrogen-bond acceptors (Lipinski definition) is 4. The average Bonchev–Trinajstić information content (AvgIpc) is 2.08. The molecule has 6 heteroatoms. The van der Waals surface area contributed by atoms with Gasteiger partial charge in [-0.1, -0.05) is 47.0 Å². The van der Waals surface area contributed by atoms with Crippen molar-refractivity contribution < 1.29 is 16.8 Å². The summed E-state index contributed by atoms with van der Waals surface area (Å²) in [6.07, 6.45) is 3.13. The Bertz CT molecular complexity index is 413. The third-order valence-electron chi connectivity index (χ3n) is 2.24. The molecule has 0 rings (SSSR count). The Morgan fingerprint density at radius 2 is 1.35 bits per heavy atom. The van der Waals surface area contributed by atoms with Crippen molar-refractivity contribution in [2.24, 2.45) is 5.41 Å². The first-order valence-electron chi connectivity index (χ1n) is 5.97. The molecule has 0 N–H and O–H groups in total. The molecule has 0 saturated carbocycles. The normalized spacial score (nSPS) is 13.9. The summed E-state index contributed by atoms with van der Waals surface area (Å²) >= 11 is 0. The van der Waals surface area contributed by atoms with E-state index in [1.807, 2.05) is 6.92 Å². The lowest BCUT2D eigenvalue weighted by molar-refractivity contribution is 0.464. The lowest BCUT2D eigenvalue weighted by atomic mass is 10.0. The van der Waals surface area contributed by atoms with Crippen molar-refractivity contribution in [1.82, 2.24) is 0 Å². The molecule has 0 heterocycles. The molecule has 0 aromatic heterocycles. The summed E-state index contributed by atoms with van der Waals surface area (Å²) < 4.78 is 46.9. The van der Waals surface area contributed by atoms with Crippen molar-refractivity contribution in [3.8, 4) is 0 Å². The Morgan fingerprint density at radius 1 is 0.824 bits per heavy atom. The van der Waals surface area contributed by atoms with Crippen LogP contribution in [0.4, 0.5) is 0 Å². The maximum atomic E-state index is 11.7. The van der Waals surface area contributed by atoms with E-state index in [-0.39, 0.29) is 11.5 Å². The van der Waals surface area contributed by atoms with Crippen LogP contribution in [0.5, 0.6) is 0 Å². The van der Waals surface area contributed by atoms with E-state index in [0.29, 0.717) is 6.42 Å². The van der Waals surface area contributed by atoms with Gasteiger partial charge in [-0.2, -0.15) is 0 Å². The second kappa shape index (κ2) is 6.18. The lowest BCUT2D eigenvalue weighted by Crippen LogP contribution is -2.28. The van der Waals surface area contributed by atoms with Crippen molar-refractivity contribution >= 4 is 17.7 Å². The van der Waals surface area contributed by atoms with Crippen molar-refractivity contribution in [2.75, 3.05) is 11.5 Å². The van der Waals surface area contributed by atoms with Gasteiger partial charge in [0.05, 0.1) is 11.5 Å². The maximum absolute atomic E-state index is 11.7. The van der Waals surface area contributed by atoms with Crippen LogP contribution >= 0.6 is 0 Å². The van der Waals surface area contributed by atoms with Gasteiger partial charge in [0.25, 0.3) is 17.7 Å². The fourth-order valence-corrected chi connectivity index (χ4v) is 6.22. The summed E-state index contributed by atoms with van der Waals surface area (Å²) in [6.45, 7) is 7.18. The van der Waals surface area contributed by atoms with Crippen LogP contribution in [0.15, 0.2) is 0 Å². The SMILES string of the molecule is CCCCCCS(=O)(=O)S(=O)(=O)CC(C)(C)C. The minimum absolute atomic E-state index is 0.245. The average molecular weight is 284 g/mol. The van der Waals surface area contributed by atoms with Crippen molar-refractivity contribution in [2.45, 2.75) is 53.4 Å². The molecule has 0 aromatic rings. The van der Waals surface area contributed by atoms with Gasteiger partial charge in [-0.25, -0.2) is 16.8 Å². The van der Waals surface area contributed by atoms with Gasteiger partial charge in [-0.05, 0) is 11.8 Å². The van der Waals surface area contributed by atoms with Crippen LogP contribution in [0, 0.1) is 5.41 Å². The molecule has 0 saturated heterocycles. The first-order chi connectivity index (χ1) is 7.52. The van der Waals surface area contributed by atoms with E-state index in [1.165, 1.54) is 0 Å². The first kappa shape index (κ1) is 16.9. The molecule has 0 aliphatic carbocycles. The van der Waals surface area contributed by atoms with E-state index < -0.39 is 23.2 Å². The summed E-state index contributed by atoms with van der Waals surface area (Å²) in [4.78, 5) is 0. The first-order valence-corrected chi connectivity index (χ1v) is 9.79. The highest BCUT2D eigenvalue weighted by molar-refractivity contribution is 8.67.